The van der Waals surface area contributed by atoms with Gasteiger partial charge < -0.3 is 5.32 Å². The van der Waals surface area contributed by atoms with Gasteiger partial charge in [-0.2, -0.15) is 5.26 Å². The van der Waals surface area contributed by atoms with Crippen LogP contribution in [0.25, 0.3) is 0 Å². The Labute approximate surface area is 108 Å². The van der Waals surface area contributed by atoms with E-state index in [4.69, 9.17) is 5.26 Å². The summed E-state index contributed by atoms with van der Waals surface area (Å²) >= 11 is 0. The van der Waals surface area contributed by atoms with E-state index in [1.165, 1.54) is 0 Å². The summed E-state index contributed by atoms with van der Waals surface area (Å²) in [5, 5.41) is 11.9. The lowest BCUT2D eigenvalue weighted by Gasteiger charge is -2.07. The molecule has 2 rings (SSSR count). The van der Waals surface area contributed by atoms with Crippen molar-refractivity contribution in [1.82, 2.24) is 0 Å². The van der Waals surface area contributed by atoms with E-state index in [1.807, 2.05) is 6.07 Å². The summed E-state index contributed by atoms with van der Waals surface area (Å²) in [7, 11) is 0. The molecular formula is C15H18N2O. The first kappa shape index (κ1) is 12.6. The number of benzene rings is 1. The maximum Gasteiger partial charge on any atom is 0.228 e. The van der Waals surface area contributed by atoms with Crippen LogP contribution >= 0.6 is 0 Å². The normalized spacial score (nSPS) is 19.9. The van der Waals surface area contributed by atoms with Gasteiger partial charge in [-0.1, -0.05) is 39.8 Å². The number of hydrogen-bond acceptors (Lipinski definition) is 2. The van der Waals surface area contributed by atoms with Crippen molar-refractivity contribution in [3.05, 3.63) is 29.8 Å². The van der Waals surface area contributed by atoms with E-state index in [-0.39, 0.29) is 22.7 Å². The van der Waals surface area contributed by atoms with Crippen LogP contribution in [-0.2, 0) is 4.79 Å². The van der Waals surface area contributed by atoms with Gasteiger partial charge in [-0.05, 0) is 23.0 Å². The molecule has 0 atom stereocenters. The van der Waals surface area contributed by atoms with Crippen LogP contribution in [0.15, 0.2) is 24.3 Å². The first-order valence-electron chi connectivity index (χ1n) is 6.12. The molecule has 1 aromatic carbocycles. The molecule has 94 valence electrons. The minimum Gasteiger partial charge on any atom is -0.325 e. The smallest absolute Gasteiger partial charge is 0.228 e. The van der Waals surface area contributed by atoms with E-state index in [1.54, 1.807) is 18.2 Å². The predicted molar refractivity (Wildman–Crippen MR) is 70.8 cm³/mol. The number of carbonyl (C=O) groups is 1. The van der Waals surface area contributed by atoms with Crippen LogP contribution < -0.4 is 5.32 Å². The van der Waals surface area contributed by atoms with E-state index in [9.17, 15) is 4.79 Å². The van der Waals surface area contributed by atoms with Crippen LogP contribution in [-0.4, -0.2) is 5.91 Å². The topological polar surface area (TPSA) is 52.9 Å². The van der Waals surface area contributed by atoms with Gasteiger partial charge in [0.15, 0.2) is 0 Å². The van der Waals surface area contributed by atoms with Gasteiger partial charge in [0, 0.05) is 5.92 Å². The highest BCUT2D eigenvalue weighted by Gasteiger charge is 2.68. The second-order valence-electron chi connectivity index (χ2n) is 6.02. The molecule has 1 aromatic rings. The van der Waals surface area contributed by atoms with Gasteiger partial charge in [-0.15, -0.1) is 0 Å². The quantitative estimate of drug-likeness (QED) is 0.866. The van der Waals surface area contributed by atoms with Crippen LogP contribution in [0.1, 0.15) is 33.3 Å². The fourth-order valence-corrected chi connectivity index (χ4v) is 2.75. The summed E-state index contributed by atoms with van der Waals surface area (Å²) in [6.45, 7) is 8.42. The lowest BCUT2D eigenvalue weighted by Crippen LogP contribution is -2.18. The molecule has 0 radical (unpaired) electrons. The molecular weight excluding hydrogens is 224 g/mol. The third kappa shape index (κ3) is 1.69. The molecule has 0 saturated heterocycles. The number of carbonyl (C=O) groups excluding carboxylic acids is 1. The molecule has 1 saturated carbocycles. The van der Waals surface area contributed by atoms with E-state index in [0.29, 0.717) is 11.3 Å². The molecule has 0 spiro atoms. The Bertz CT molecular complexity index is 524. The number of hydrogen-bond donors (Lipinski definition) is 1. The van der Waals surface area contributed by atoms with E-state index >= 15 is 0 Å². The third-order valence-corrected chi connectivity index (χ3v) is 4.59. The van der Waals surface area contributed by atoms with Gasteiger partial charge in [0.05, 0.1) is 11.3 Å². The lowest BCUT2D eigenvalue weighted by molar-refractivity contribution is -0.118. The standard InChI is InChI=1S/C15H18N2O/c1-14(2)12(15(14,3)4)13(18)17-11-8-6-5-7-10(11)9-16/h5-8,12H,1-4H3,(H,17,18). The monoisotopic (exact) mass is 242 g/mol. The minimum absolute atomic E-state index is 0.00301. The van der Waals surface area contributed by atoms with Gasteiger partial charge in [0.25, 0.3) is 0 Å². The van der Waals surface area contributed by atoms with Crippen LogP contribution in [0.3, 0.4) is 0 Å². The number of nitrogens with one attached hydrogen (secondary N) is 1. The molecule has 0 aromatic heterocycles. The Hall–Kier alpha value is -1.82. The first-order chi connectivity index (χ1) is 8.32. The van der Waals surface area contributed by atoms with Gasteiger partial charge in [-0.25, -0.2) is 0 Å². The lowest BCUT2D eigenvalue weighted by atomic mass is 10.0. The summed E-state index contributed by atoms with van der Waals surface area (Å²) in [6, 6.07) is 9.17. The molecule has 0 aliphatic heterocycles. The van der Waals surface area contributed by atoms with Crippen LogP contribution in [0.4, 0.5) is 5.69 Å². The van der Waals surface area contributed by atoms with Crippen molar-refractivity contribution in [3.63, 3.8) is 0 Å². The van der Waals surface area contributed by atoms with Crippen molar-refractivity contribution in [2.45, 2.75) is 27.7 Å². The van der Waals surface area contributed by atoms with Crippen LogP contribution in [0, 0.1) is 28.1 Å². The Kier molecular flexibility index (Phi) is 2.70. The zero-order valence-corrected chi connectivity index (χ0v) is 11.2. The number of amides is 1. The average molecular weight is 242 g/mol. The highest BCUT2D eigenvalue weighted by atomic mass is 16.2. The molecule has 0 bridgehead atoms. The molecule has 1 fully saturated rings. The summed E-state index contributed by atoms with van der Waals surface area (Å²) in [5.74, 6) is 0.00412. The minimum atomic E-state index is -0.00301. The highest BCUT2D eigenvalue weighted by molar-refractivity contribution is 5.97. The van der Waals surface area contributed by atoms with E-state index in [0.717, 1.165) is 0 Å². The second-order valence-corrected chi connectivity index (χ2v) is 6.02. The fourth-order valence-electron chi connectivity index (χ4n) is 2.75. The molecule has 3 heteroatoms. The van der Waals surface area contributed by atoms with Gasteiger partial charge in [0.1, 0.15) is 6.07 Å². The second kappa shape index (κ2) is 3.84. The number of nitrogens with zero attached hydrogens (tertiary/aromatic N) is 1. The maximum atomic E-state index is 12.3. The van der Waals surface area contributed by atoms with Crippen LogP contribution in [0.2, 0.25) is 0 Å². The van der Waals surface area contributed by atoms with Crippen LogP contribution in [0.5, 0.6) is 0 Å². The van der Waals surface area contributed by atoms with Crippen molar-refractivity contribution in [2.75, 3.05) is 5.32 Å². The molecule has 18 heavy (non-hydrogen) atoms. The van der Waals surface area contributed by atoms with E-state index in [2.05, 4.69) is 39.1 Å². The Morgan fingerprint density at radius 3 is 2.28 bits per heavy atom. The van der Waals surface area contributed by atoms with E-state index < -0.39 is 0 Å². The van der Waals surface area contributed by atoms with Crippen molar-refractivity contribution in [2.24, 2.45) is 16.7 Å². The average Bonchev–Trinajstić information content (AvgIpc) is 2.70. The summed E-state index contributed by atoms with van der Waals surface area (Å²) in [5.41, 5.74) is 1.13. The summed E-state index contributed by atoms with van der Waals surface area (Å²) in [6.07, 6.45) is 0. The number of nitriles is 1. The van der Waals surface area contributed by atoms with Crippen molar-refractivity contribution in [1.29, 1.82) is 5.26 Å². The van der Waals surface area contributed by atoms with Crippen molar-refractivity contribution in [3.8, 4) is 6.07 Å². The SMILES string of the molecule is CC1(C)C(C(=O)Nc2ccccc2C#N)C1(C)C. The molecule has 3 nitrogen and oxygen atoms in total. The molecule has 0 heterocycles. The first-order valence-corrected chi connectivity index (χ1v) is 6.12. The van der Waals surface area contributed by atoms with Crippen molar-refractivity contribution < 1.29 is 4.79 Å². The third-order valence-electron chi connectivity index (χ3n) is 4.59. The summed E-state index contributed by atoms with van der Waals surface area (Å²) in [4.78, 5) is 12.3. The summed E-state index contributed by atoms with van der Waals surface area (Å²) < 4.78 is 0. The van der Waals surface area contributed by atoms with Crippen molar-refractivity contribution >= 4 is 11.6 Å². The molecule has 1 aliphatic rings. The predicted octanol–water partition coefficient (Wildman–Crippen LogP) is 3.18. The van der Waals surface area contributed by atoms with Gasteiger partial charge in [0.2, 0.25) is 5.91 Å². The largest absolute Gasteiger partial charge is 0.325 e. The number of rotatable bonds is 2. The van der Waals surface area contributed by atoms with Gasteiger partial charge >= 0.3 is 0 Å². The fraction of sp³-hybridized carbons (Fsp3) is 0.467. The van der Waals surface area contributed by atoms with Gasteiger partial charge in [-0.3, -0.25) is 4.79 Å². The molecule has 1 N–H and O–H groups in total. The number of para-hydroxylation sites is 1. The molecule has 1 aliphatic carbocycles. The number of anilines is 1. The maximum absolute atomic E-state index is 12.3. The Morgan fingerprint density at radius 2 is 1.78 bits per heavy atom. The molecule has 0 unspecified atom stereocenters. The Morgan fingerprint density at radius 1 is 1.22 bits per heavy atom. The zero-order chi connectivity index (χ0) is 13.6. The zero-order valence-electron chi connectivity index (χ0n) is 11.2. The molecule has 1 amide bonds. The highest BCUT2D eigenvalue weighted by Crippen LogP contribution is 2.68. The Balaban J connectivity index is 2.18.